The SMILES string of the molecule is Cc1[nH]c(/C=C2\C(=O)Nc3ccc(C(=O)N[C@H](C)c4ccccn4)cc32)c(C)c1N. The maximum absolute atomic E-state index is 12.8. The summed E-state index contributed by atoms with van der Waals surface area (Å²) in [5.74, 6) is -0.444. The molecule has 152 valence electrons. The summed E-state index contributed by atoms with van der Waals surface area (Å²) in [5.41, 5.74) is 12.3. The Kier molecular flexibility index (Phi) is 4.87. The molecule has 0 spiro atoms. The number of carbonyl (C=O) groups excluding carboxylic acids is 2. The number of pyridine rings is 1. The summed E-state index contributed by atoms with van der Waals surface area (Å²) in [6.07, 6.45) is 3.47. The summed E-state index contributed by atoms with van der Waals surface area (Å²) in [6, 6.07) is 10.5. The zero-order valence-corrected chi connectivity index (χ0v) is 17.0. The van der Waals surface area contributed by atoms with Crippen LogP contribution < -0.4 is 16.4 Å². The van der Waals surface area contributed by atoms with Crippen LogP contribution in [0.25, 0.3) is 11.6 Å². The third-order valence-electron chi connectivity index (χ3n) is 5.37. The number of anilines is 2. The summed E-state index contributed by atoms with van der Waals surface area (Å²) in [6.45, 7) is 5.67. The molecule has 0 bridgehead atoms. The molecule has 0 saturated heterocycles. The molecule has 0 fully saturated rings. The Hall–Kier alpha value is -3.87. The number of nitrogens with two attached hydrogens (primary N) is 1. The molecule has 7 nitrogen and oxygen atoms in total. The van der Waals surface area contributed by atoms with Gasteiger partial charge in [-0.1, -0.05) is 6.07 Å². The van der Waals surface area contributed by atoms with Crippen LogP contribution in [0.4, 0.5) is 11.4 Å². The standard InChI is InChI=1S/C23H23N5O2/c1-12-20(26-14(3)21(12)24)11-17-16-10-15(7-8-19(16)28-23(17)30)22(29)27-13(2)18-6-4-5-9-25-18/h4-11,13,26H,24H2,1-3H3,(H,27,29)(H,28,30)/b17-11-/t13-/m1/s1. The van der Waals surface area contributed by atoms with Crippen LogP contribution in [0.1, 0.15) is 51.5 Å². The Morgan fingerprint density at radius 2 is 2.03 bits per heavy atom. The highest BCUT2D eigenvalue weighted by atomic mass is 16.2. The number of aryl methyl sites for hydroxylation is 1. The lowest BCUT2D eigenvalue weighted by atomic mass is 10.0. The maximum Gasteiger partial charge on any atom is 0.256 e. The van der Waals surface area contributed by atoms with E-state index in [9.17, 15) is 9.59 Å². The number of benzene rings is 1. The molecule has 30 heavy (non-hydrogen) atoms. The molecule has 7 heteroatoms. The number of H-pyrrole nitrogens is 1. The first-order valence-electron chi connectivity index (χ1n) is 9.69. The van der Waals surface area contributed by atoms with Crippen LogP contribution in [0.2, 0.25) is 0 Å². The van der Waals surface area contributed by atoms with Crippen molar-refractivity contribution in [2.45, 2.75) is 26.8 Å². The molecule has 0 unspecified atom stereocenters. The highest BCUT2D eigenvalue weighted by molar-refractivity contribution is 6.35. The van der Waals surface area contributed by atoms with Gasteiger partial charge in [-0.2, -0.15) is 0 Å². The van der Waals surface area contributed by atoms with Crippen molar-refractivity contribution in [3.05, 3.63) is 76.4 Å². The van der Waals surface area contributed by atoms with Gasteiger partial charge in [-0.15, -0.1) is 0 Å². The number of rotatable bonds is 4. The quantitative estimate of drug-likeness (QED) is 0.500. The first-order valence-corrected chi connectivity index (χ1v) is 9.69. The number of amides is 2. The number of carbonyl (C=O) groups is 2. The fourth-order valence-electron chi connectivity index (χ4n) is 3.54. The largest absolute Gasteiger partial charge is 0.397 e. The van der Waals surface area contributed by atoms with Gasteiger partial charge in [-0.05, 0) is 62.7 Å². The van der Waals surface area contributed by atoms with Crippen LogP contribution in [0.3, 0.4) is 0 Å². The van der Waals surface area contributed by atoms with Gasteiger partial charge in [0.2, 0.25) is 0 Å². The van der Waals surface area contributed by atoms with Crippen LogP contribution in [0.5, 0.6) is 0 Å². The highest BCUT2D eigenvalue weighted by Crippen LogP contribution is 2.35. The first kappa shape index (κ1) is 19.4. The maximum atomic E-state index is 12.8. The van der Waals surface area contributed by atoms with Crippen molar-refractivity contribution in [3.63, 3.8) is 0 Å². The summed E-state index contributed by atoms with van der Waals surface area (Å²) in [7, 11) is 0. The average Bonchev–Trinajstić information content (AvgIpc) is 3.18. The third-order valence-corrected chi connectivity index (χ3v) is 5.37. The van der Waals surface area contributed by atoms with Crippen molar-refractivity contribution in [3.8, 4) is 0 Å². The minimum absolute atomic E-state index is 0.213. The molecule has 1 aliphatic heterocycles. The van der Waals surface area contributed by atoms with E-state index in [1.807, 2.05) is 39.0 Å². The number of hydrogen-bond donors (Lipinski definition) is 4. The first-order chi connectivity index (χ1) is 14.3. The molecule has 5 N–H and O–H groups in total. The number of nitrogens with zero attached hydrogens (tertiary/aromatic N) is 1. The minimum atomic E-state index is -0.241. The second kappa shape index (κ2) is 7.51. The molecular formula is C23H23N5O2. The van der Waals surface area contributed by atoms with Crippen molar-refractivity contribution in [1.29, 1.82) is 0 Å². The normalized spacial score (nSPS) is 15.0. The lowest BCUT2D eigenvalue weighted by Gasteiger charge is -2.13. The molecule has 3 aromatic rings. The van der Waals surface area contributed by atoms with Crippen LogP contribution in [0.15, 0.2) is 42.6 Å². The smallest absolute Gasteiger partial charge is 0.256 e. The predicted octanol–water partition coefficient (Wildman–Crippen LogP) is 3.59. The Morgan fingerprint density at radius 3 is 2.70 bits per heavy atom. The van der Waals surface area contributed by atoms with E-state index < -0.39 is 0 Å². The van der Waals surface area contributed by atoms with Gasteiger partial charge in [-0.25, -0.2) is 0 Å². The van der Waals surface area contributed by atoms with Gasteiger partial charge in [0.05, 0.1) is 23.0 Å². The third kappa shape index (κ3) is 3.45. The zero-order chi connectivity index (χ0) is 21.4. The number of aromatic nitrogens is 2. The van der Waals surface area contributed by atoms with E-state index in [1.165, 1.54) is 0 Å². The van der Waals surface area contributed by atoms with E-state index >= 15 is 0 Å². The summed E-state index contributed by atoms with van der Waals surface area (Å²) >= 11 is 0. The van der Waals surface area contributed by atoms with Crippen LogP contribution in [-0.4, -0.2) is 21.8 Å². The van der Waals surface area contributed by atoms with Gasteiger partial charge in [0.25, 0.3) is 11.8 Å². The minimum Gasteiger partial charge on any atom is -0.397 e. The van der Waals surface area contributed by atoms with Crippen molar-refractivity contribution in [2.24, 2.45) is 0 Å². The number of aromatic amines is 1. The van der Waals surface area contributed by atoms with Gasteiger partial charge in [-0.3, -0.25) is 14.6 Å². The van der Waals surface area contributed by atoms with Gasteiger partial charge in [0, 0.05) is 34.4 Å². The predicted molar refractivity (Wildman–Crippen MR) is 118 cm³/mol. The summed E-state index contributed by atoms with van der Waals surface area (Å²) in [5, 5.41) is 5.80. The summed E-state index contributed by atoms with van der Waals surface area (Å²) < 4.78 is 0. The lowest BCUT2D eigenvalue weighted by molar-refractivity contribution is -0.110. The van der Waals surface area contributed by atoms with Crippen LogP contribution in [-0.2, 0) is 4.79 Å². The fourth-order valence-corrected chi connectivity index (χ4v) is 3.54. The number of fused-ring (bicyclic) bond motifs is 1. The van der Waals surface area contributed by atoms with Crippen molar-refractivity contribution in [1.82, 2.24) is 15.3 Å². The average molecular weight is 401 g/mol. The second-order valence-corrected chi connectivity index (χ2v) is 7.42. The number of nitrogens with one attached hydrogen (secondary N) is 3. The van der Waals surface area contributed by atoms with E-state index in [0.29, 0.717) is 28.1 Å². The van der Waals surface area contributed by atoms with Gasteiger partial charge in [0.15, 0.2) is 0 Å². The monoisotopic (exact) mass is 401 g/mol. The van der Waals surface area contributed by atoms with E-state index in [0.717, 1.165) is 22.6 Å². The Labute approximate surface area is 174 Å². The van der Waals surface area contributed by atoms with Crippen LogP contribution >= 0.6 is 0 Å². The molecule has 2 amide bonds. The van der Waals surface area contributed by atoms with Gasteiger partial charge >= 0.3 is 0 Å². The van der Waals surface area contributed by atoms with Crippen molar-refractivity contribution >= 4 is 34.8 Å². The summed E-state index contributed by atoms with van der Waals surface area (Å²) in [4.78, 5) is 32.8. The number of hydrogen-bond acceptors (Lipinski definition) is 4. The second-order valence-electron chi connectivity index (χ2n) is 7.42. The Morgan fingerprint density at radius 1 is 1.23 bits per heavy atom. The van der Waals surface area contributed by atoms with E-state index in [-0.39, 0.29) is 17.9 Å². The molecule has 1 atom stereocenters. The molecule has 1 aromatic carbocycles. The van der Waals surface area contributed by atoms with Gasteiger partial charge in [0.1, 0.15) is 0 Å². The molecule has 0 aliphatic carbocycles. The van der Waals surface area contributed by atoms with Gasteiger partial charge < -0.3 is 21.4 Å². The molecule has 2 aromatic heterocycles. The van der Waals surface area contributed by atoms with E-state index in [4.69, 9.17) is 5.73 Å². The van der Waals surface area contributed by atoms with E-state index in [1.54, 1.807) is 30.5 Å². The zero-order valence-electron chi connectivity index (χ0n) is 17.0. The molecule has 0 radical (unpaired) electrons. The van der Waals surface area contributed by atoms with E-state index in [2.05, 4.69) is 20.6 Å². The Bertz CT molecular complexity index is 1180. The molecule has 0 saturated carbocycles. The topological polar surface area (TPSA) is 113 Å². The molecule has 4 rings (SSSR count). The molecule has 3 heterocycles. The molecular weight excluding hydrogens is 378 g/mol. The molecule has 1 aliphatic rings. The van der Waals surface area contributed by atoms with Crippen molar-refractivity contribution < 1.29 is 9.59 Å². The highest BCUT2D eigenvalue weighted by Gasteiger charge is 2.26. The number of nitrogen functional groups attached to an aromatic ring is 1. The van der Waals surface area contributed by atoms with Crippen LogP contribution in [0, 0.1) is 13.8 Å². The Balaban J connectivity index is 1.64. The van der Waals surface area contributed by atoms with Crippen molar-refractivity contribution in [2.75, 3.05) is 11.1 Å². The lowest BCUT2D eigenvalue weighted by Crippen LogP contribution is -2.27. The fraction of sp³-hybridized carbons (Fsp3) is 0.174.